The Balaban J connectivity index is 1.64. The zero-order valence-corrected chi connectivity index (χ0v) is 14.9. The molecule has 0 saturated carbocycles. The smallest absolute Gasteiger partial charge is 0.318 e. The van der Waals surface area contributed by atoms with Crippen molar-refractivity contribution in [2.75, 3.05) is 25.9 Å². The van der Waals surface area contributed by atoms with Gasteiger partial charge in [0.15, 0.2) is 5.76 Å². The summed E-state index contributed by atoms with van der Waals surface area (Å²) >= 11 is 0. The highest BCUT2D eigenvalue weighted by Gasteiger charge is 2.34. The molecule has 2 atom stereocenters. The highest BCUT2D eigenvalue weighted by molar-refractivity contribution is 7.88. The molecular formula is C15H24N4O4S. The number of likely N-dealkylation sites (tertiary alicyclic amines) is 1. The van der Waals surface area contributed by atoms with E-state index in [1.807, 2.05) is 13.0 Å². The molecule has 0 aromatic carbocycles. The second-order valence-corrected chi connectivity index (χ2v) is 8.61. The average Bonchev–Trinajstić information content (AvgIpc) is 3.15. The Morgan fingerprint density at radius 3 is 2.75 bits per heavy atom. The van der Waals surface area contributed by atoms with Crippen molar-refractivity contribution >= 4 is 16.1 Å². The van der Waals surface area contributed by atoms with E-state index in [-0.39, 0.29) is 18.1 Å². The number of nitrogens with zero attached hydrogens (tertiary/aromatic N) is 3. The SMILES string of the molecule is Cc1cc(C2CCCN2C(=O)NC2CCCN(S(C)(=O)=O)C2)on1. The van der Waals surface area contributed by atoms with E-state index in [4.69, 9.17) is 4.52 Å². The van der Waals surface area contributed by atoms with Crippen LogP contribution in [0.2, 0.25) is 0 Å². The fraction of sp³-hybridized carbons (Fsp3) is 0.733. The Labute approximate surface area is 142 Å². The highest BCUT2D eigenvalue weighted by atomic mass is 32.2. The molecule has 3 heterocycles. The lowest BCUT2D eigenvalue weighted by Crippen LogP contribution is -2.52. The van der Waals surface area contributed by atoms with Gasteiger partial charge in [-0.1, -0.05) is 5.16 Å². The van der Waals surface area contributed by atoms with Gasteiger partial charge >= 0.3 is 6.03 Å². The Morgan fingerprint density at radius 2 is 2.08 bits per heavy atom. The monoisotopic (exact) mass is 356 g/mol. The lowest BCUT2D eigenvalue weighted by Gasteiger charge is -2.33. The van der Waals surface area contributed by atoms with Crippen molar-refractivity contribution in [2.24, 2.45) is 0 Å². The van der Waals surface area contributed by atoms with Gasteiger partial charge in [0.2, 0.25) is 10.0 Å². The number of carbonyl (C=O) groups is 1. The van der Waals surface area contributed by atoms with Gasteiger partial charge in [-0.3, -0.25) is 0 Å². The summed E-state index contributed by atoms with van der Waals surface area (Å²) < 4.78 is 30.1. The number of rotatable bonds is 3. The summed E-state index contributed by atoms with van der Waals surface area (Å²) in [5.41, 5.74) is 0.799. The first-order valence-electron chi connectivity index (χ1n) is 8.30. The zero-order chi connectivity index (χ0) is 17.3. The molecule has 1 aromatic heterocycles. The van der Waals surface area contributed by atoms with Gasteiger partial charge in [-0.05, 0) is 32.6 Å². The largest absolute Gasteiger partial charge is 0.359 e. The van der Waals surface area contributed by atoms with E-state index in [1.54, 1.807) is 4.90 Å². The molecule has 1 aromatic rings. The highest BCUT2D eigenvalue weighted by Crippen LogP contribution is 2.32. The first-order chi connectivity index (χ1) is 11.3. The molecule has 0 spiro atoms. The van der Waals surface area contributed by atoms with E-state index in [1.165, 1.54) is 10.6 Å². The van der Waals surface area contributed by atoms with Crippen LogP contribution in [0.1, 0.15) is 43.2 Å². The predicted octanol–water partition coefficient (Wildman–Crippen LogP) is 1.25. The van der Waals surface area contributed by atoms with Crippen molar-refractivity contribution in [3.8, 4) is 0 Å². The molecule has 24 heavy (non-hydrogen) atoms. The number of aromatic nitrogens is 1. The Morgan fingerprint density at radius 1 is 1.33 bits per heavy atom. The molecule has 2 saturated heterocycles. The molecule has 9 heteroatoms. The number of piperidine rings is 1. The van der Waals surface area contributed by atoms with Crippen LogP contribution in [0.25, 0.3) is 0 Å². The normalized spacial score (nSPS) is 25.8. The average molecular weight is 356 g/mol. The van der Waals surface area contributed by atoms with Gasteiger partial charge in [0.05, 0.1) is 18.0 Å². The molecule has 0 radical (unpaired) electrons. The number of aryl methyl sites for hydroxylation is 1. The van der Waals surface area contributed by atoms with Crippen molar-refractivity contribution in [1.29, 1.82) is 0 Å². The third-order valence-corrected chi connectivity index (χ3v) is 5.94. The maximum absolute atomic E-state index is 12.6. The van der Waals surface area contributed by atoms with Crippen molar-refractivity contribution in [2.45, 2.75) is 44.7 Å². The molecule has 2 aliphatic rings. The van der Waals surface area contributed by atoms with E-state index < -0.39 is 10.0 Å². The van der Waals surface area contributed by atoms with Gasteiger partial charge in [-0.2, -0.15) is 0 Å². The first-order valence-corrected chi connectivity index (χ1v) is 10.1. The minimum Gasteiger partial charge on any atom is -0.359 e. The zero-order valence-electron chi connectivity index (χ0n) is 14.1. The molecule has 2 amide bonds. The maximum atomic E-state index is 12.6. The number of sulfonamides is 1. The Kier molecular flexibility index (Phi) is 4.82. The van der Waals surface area contributed by atoms with Gasteiger partial charge in [-0.15, -0.1) is 0 Å². The van der Waals surface area contributed by atoms with Crippen molar-refractivity contribution in [1.82, 2.24) is 19.7 Å². The molecule has 8 nitrogen and oxygen atoms in total. The van der Waals surface area contributed by atoms with Crippen LogP contribution in [0, 0.1) is 6.92 Å². The lowest BCUT2D eigenvalue weighted by molar-refractivity contribution is 0.172. The third-order valence-electron chi connectivity index (χ3n) is 4.67. The fourth-order valence-corrected chi connectivity index (χ4v) is 4.38. The summed E-state index contributed by atoms with van der Waals surface area (Å²) in [6.07, 6.45) is 4.51. The van der Waals surface area contributed by atoms with Gasteiger partial charge in [-0.25, -0.2) is 17.5 Å². The van der Waals surface area contributed by atoms with Crippen LogP contribution in [0.15, 0.2) is 10.6 Å². The number of urea groups is 1. The molecule has 0 aliphatic carbocycles. The molecule has 2 fully saturated rings. The quantitative estimate of drug-likeness (QED) is 0.879. The van der Waals surface area contributed by atoms with E-state index in [2.05, 4.69) is 10.5 Å². The summed E-state index contributed by atoms with van der Waals surface area (Å²) in [5, 5.41) is 6.89. The Hall–Kier alpha value is -1.61. The van der Waals surface area contributed by atoms with Crippen LogP contribution in [-0.2, 0) is 10.0 Å². The topological polar surface area (TPSA) is 95.8 Å². The Bertz CT molecular complexity index is 702. The molecule has 3 rings (SSSR count). The number of hydrogen-bond donors (Lipinski definition) is 1. The van der Waals surface area contributed by atoms with E-state index in [9.17, 15) is 13.2 Å². The van der Waals surface area contributed by atoms with E-state index in [0.29, 0.717) is 25.4 Å². The van der Waals surface area contributed by atoms with Crippen molar-refractivity contribution in [3.63, 3.8) is 0 Å². The molecule has 134 valence electrons. The number of amides is 2. The van der Waals surface area contributed by atoms with Crippen LogP contribution in [-0.4, -0.2) is 60.7 Å². The van der Waals surface area contributed by atoms with Crippen LogP contribution < -0.4 is 5.32 Å². The van der Waals surface area contributed by atoms with E-state index in [0.717, 1.165) is 31.4 Å². The second-order valence-electron chi connectivity index (χ2n) is 6.63. The summed E-state index contributed by atoms with van der Waals surface area (Å²) in [4.78, 5) is 14.4. The van der Waals surface area contributed by atoms with Gasteiger partial charge in [0.1, 0.15) is 0 Å². The lowest BCUT2D eigenvalue weighted by atomic mass is 10.1. The van der Waals surface area contributed by atoms with Gasteiger partial charge in [0.25, 0.3) is 0 Å². The summed E-state index contributed by atoms with van der Waals surface area (Å²) in [7, 11) is -3.22. The maximum Gasteiger partial charge on any atom is 0.318 e. The summed E-state index contributed by atoms with van der Waals surface area (Å²) in [6, 6.07) is 1.45. The number of nitrogens with one attached hydrogen (secondary N) is 1. The van der Waals surface area contributed by atoms with Crippen molar-refractivity contribution in [3.05, 3.63) is 17.5 Å². The van der Waals surface area contributed by atoms with Crippen LogP contribution >= 0.6 is 0 Å². The van der Waals surface area contributed by atoms with Gasteiger partial charge in [0, 0.05) is 31.7 Å². The van der Waals surface area contributed by atoms with Crippen LogP contribution in [0.5, 0.6) is 0 Å². The second kappa shape index (κ2) is 6.72. The molecule has 1 N–H and O–H groups in total. The van der Waals surface area contributed by atoms with Crippen LogP contribution in [0.3, 0.4) is 0 Å². The first kappa shape index (κ1) is 17.2. The third kappa shape index (κ3) is 3.72. The predicted molar refractivity (Wildman–Crippen MR) is 87.9 cm³/mol. The summed E-state index contributed by atoms with van der Waals surface area (Å²) in [5.74, 6) is 0.710. The minimum atomic E-state index is -3.22. The molecule has 2 aliphatic heterocycles. The number of hydrogen-bond acceptors (Lipinski definition) is 5. The summed E-state index contributed by atoms with van der Waals surface area (Å²) in [6.45, 7) is 3.38. The minimum absolute atomic E-state index is 0.0965. The van der Waals surface area contributed by atoms with E-state index >= 15 is 0 Å². The van der Waals surface area contributed by atoms with Crippen LogP contribution in [0.4, 0.5) is 4.79 Å². The van der Waals surface area contributed by atoms with Crippen molar-refractivity contribution < 1.29 is 17.7 Å². The molecular weight excluding hydrogens is 332 g/mol. The van der Waals surface area contributed by atoms with Gasteiger partial charge < -0.3 is 14.7 Å². The number of carbonyl (C=O) groups excluding carboxylic acids is 1. The molecule has 2 unspecified atom stereocenters. The molecule has 0 bridgehead atoms. The standard InChI is InChI=1S/C15H24N4O4S/c1-11-9-14(23-17-11)13-6-4-8-19(13)15(20)16-12-5-3-7-18(10-12)24(2,21)22/h9,12-13H,3-8,10H2,1-2H3,(H,16,20). The fourth-order valence-electron chi connectivity index (χ4n) is 3.46.